The number of Topliss-reactive ketones (excluding diaryl/α,β-unsaturated/α-hetero) is 1. The standard InChI is InChI=1S/C14H10Br2N4O3/c1-19-11-10(12(22)18-14(19)23)20(13(16)17-11)6-9(21)7-2-4-8(15)5-3-7/h2-5H,6H2,1H3,(H,18,22,23). The molecule has 3 aromatic rings. The molecule has 0 saturated carbocycles. The predicted octanol–water partition coefficient (Wildman–Crippen LogP) is 1.83. The van der Waals surface area contributed by atoms with Crippen molar-refractivity contribution < 1.29 is 4.79 Å². The molecular formula is C14H10Br2N4O3. The molecule has 2 aromatic heterocycles. The van der Waals surface area contributed by atoms with E-state index in [1.54, 1.807) is 24.3 Å². The maximum atomic E-state index is 12.4. The van der Waals surface area contributed by atoms with Crippen LogP contribution in [0, 0.1) is 0 Å². The minimum atomic E-state index is -0.579. The van der Waals surface area contributed by atoms with Gasteiger partial charge < -0.3 is 4.57 Å². The third-order valence-electron chi connectivity index (χ3n) is 3.43. The number of nitrogens with zero attached hydrogens (tertiary/aromatic N) is 3. The molecular weight excluding hydrogens is 432 g/mol. The van der Waals surface area contributed by atoms with E-state index >= 15 is 0 Å². The van der Waals surface area contributed by atoms with Gasteiger partial charge >= 0.3 is 5.69 Å². The van der Waals surface area contributed by atoms with Gasteiger partial charge in [-0.2, -0.15) is 0 Å². The Kier molecular flexibility index (Phi) is 4.07. The summed E-state index contributed by atoms with van der Waals surface area (Å²) in [5, 5.41) is 0. The number of aromatic amines is 1. The Balaban J connectivity index is 2.10. The average Bonchev–Trinajstić information content (AvgIpc) is 2.83. The van der Waals surface area contributed by atoms with Gasteiger partial charge in [0.15, 0.2) is 21.7 Å². The second kappa shape index (κ2) is 5.89. The minimum absolute atomic E-state index is 0.0694. The first-order chi connectivity index (χ1) is 10.9. The first-order valence-electron chi connectivity index (χ1n) is 6.52. The van der Waals surface area contributed by atoms with Gasteiger partial charge in [-0.15, -0.1) is 0 Å². The normalized spacial score (nSPS) is 11.1. The molecule has 0 radical (unpaired) electrons. The smallest absolute Gasteiger partial charge is 0.305 e. The molecule has 118 valence electrons. The van der Waals surface area contributed by atoms with Crippen molar-refractivity contribution in [2.24, 2.45) is 7.05 Å². The van der Waals surface area contributed by atoms with Crippen LogP contribution < -0.4 is 11.2 Å². The molecule has 0 aliphatic heterocycles. The fourth-order valence-electron chi connectivity index (χ4n) is 2.22. The van der Waals surface area contributed by atoms with Gasteiger partial charge in [0.1, 0.15) is 0 Å². The highest BCUT2D eigenvalue weighted by atomic mass is 79.9. The number of H-pyrrole nitrogens is 1. The number of fused-ring (bicyclic) bond motifs is 1. The van der Waals surface area contributed by atoms with Crippen LogP contribution in [0.1, 0.15) is 10.4 Å². The monoisotopic (exact) mass is 440 g/mol. The molecule has 0 unspecified atom stereocenters. The quantitative estimate of drug-likeness (QED) is 0.496. The van der Waals surface area contributed by atoms with Crippen LogP contribution >= 0.6 is 31.9 Å². The van der Waals surface area contributed by atoms with Crippen molar-refractivity contribution >= 4 is 48.8 Å². The molecule has 23 heavy (non-hydrogen) atoms. The van der Waals surface area contributed by atoms with Gasteiger partial charge in [-0.3, -0.25) is 19.1 Å². The zero-order valence-corrected chi connectivity index (χ0v) is 15.0. The highest BCUT2D eigenvalue weighted by molar-refractivity contribution is 9.10. The van der Waals surface area contributed by atoms with Crippen LogP contribution in [-0.4, -0.2) is 24.9 Å². The Morgan fingerprint density at radius 2 is 1.87 bits per heavy atom. The molecule has 0 fully saturated rings. The van der Waals surface area contributed by atoms with E-state index in [0.717, 1.165) is 4.47 Å². The predicted molar refractivity (Wildman–Crippen MR) is 91.8 cm³/mol. The molecule has 9 heteroatoms. The summed E-state index contributed by atoms with van der Waals surface area (Å²) in [4.78, 5) is 42.5. The molecule has 0 spiro atoms. The zero-order valence-electron chi connectivity index (χ0n) is 11.8. The van der Waals surface area contributed by atoms with Crippen molar-refractivity contribution in [3.63, 3.8) is 0 Å². The number of rotatable bonds is 3. The van der Waals surface area contributed by atoms with E-state index in [2.05, 4.69) is 41.8 Å². The molecule has 0 saturated heterocycles. The first-order valence-corrected chi connectivity index (χ1v) is 8.11. The van der Waals surface area contributed by atoms with Gasteiger partial charge in [0.05, 0.1) is 6.54 Å². The number of hydrogen-bond donors (Lipinski definition) is 1. The van der Waals surface area contributed by atoms with Gasteiger partial charge in [0, 0.05) is 17.1 Å². The molecule has 0 amide bonds. The lowest BCUT2D eigenvalue weighted by atomic mass is 10.1. The van der Waals surface area contributed by atoms with Gasteiger partial charge in [-0.1, -0.05) is 28.1 Å². The Labute approximate surface area is 146 Å². The Morgan fingerprint density at radius 1 is 1.22 bits per heavy atom. The SMILES string of the molecule is Cn1c(=O)[nH]c(=O)c2c1nc(Br)n2CC(=O)c1ccc(Br)cc1. The largest absolute Gasteiger partial charge is 0.329 e. The molecule has 2 heterocycles. The maximum Gasteiger partial charge on any atom is 0.329 e. The highest BCUT2D eigenvalue weighted by Gasteiger charge is 2.18. The van der Waals surface area contributed by atoms with Gasteiger partial charge in [0.2, 0.25) is 0 Å². The minimum Gasteiger partial charge on any atom is -0.305 e. The highest BCUT2D eigenvalue weighted by Crippen LogP contribution is 2.18. The van der Waals surface area contributed by atoms with Crippen molar-refractivity contribution in [3.8, 4) is 0 Å². The fraction of sp³-hybridized carbons (Fsp3) is 0.143. The van der Waals surface area contributed by atoms with Crippen LogP contribution in [0.15, 0.2) is 43.1 Å². The molecule has 0 atom stereocenters. The number of carbonyl (C=O) groups excluding carboxylic acids is 1. The summed E-state index contributed by atoms with van der Waals surface area (Å²) in [6.45, 7) is -0.0694. The average molecular weight is 442 g/mol. The number of aryl methyl sites for hydroxylation is 1. The fourth-order valence-corrected chi connectivity index (χ4v) is 2.96. The summed E-state index contributed by atoms with van der Waals surface area (Å²) < 4.78 is 3.85. The van der Waals surface area contributed by atoms with Crippen LogP contribution in [0.4, 0.5) is 0 Å². The van der Waals surface area contributed by atoms with Crippen LogP contribution in [0.3, 0.4) is 0 Å². The van der Waals surface area contributed by atoms with Gasteiger partial charge in [0.25, 0.3) is 5.56 Å². The van der Waals surface area contributed by atoms with Crippen LogP contribution in [0.25, 0.3) is 11.2 Å². The Bertz CT molecular complexity index is 1030. The van der Waals surface area contributed by atoms with E-state index in [1.807, 2.05) is 0 Å². The van der Waals surface area contributed by atoms with Crippen molar-refractivity contribution in [1.82, 2.24) is 19.1 Å². The lowest BCUT2D eigenvalue weighted by Crippen LogP contribution is -2.29. The van der Waals surface area contributed by atoms with E-state index in [4.69, 9.17) is 0 Å². The number of benzene rings is 1. The summed E-state index contributed by atoms with van der Waals surface area (Å²) in [5.41, 5.74) is -0.231. The van der Waals surface area contributed by atoms with Crippen LogP contribution in [0.5, 0.6) is 0 Å². The second-order valence-electron chi connectivity index (χ2n) is 4.89. The van der Waals surface area contributed by atoms with E-state index in [9.17, 15) is 14.4 Å². The number of aromatic nitrogens is 4. The lowest BCUT2D eigenvalue weighted by Gasteiger charge is -2.05. The number of hydrogen-bond acceptors (Lipinski definition) is 4. The summed E-state index contributed by atoms with van der Waals surface area (Å²) in [6.07, 6.45) is 0. The van der Waals surface area contributed by atoms with E-state index < -0.39 is 11.2 Å². The molecule has 1 aromatic carbocycles. The number of imidazole rings is 1. The molecule has 0 aliphatic carbocycles. The first kappa shape index (κ1) is 15.9. The third kappa shape index (κ3) is 2.81. The maximum absolute atomic E-state index is 12.4. The summed E-state index contributed by atoms with van der Waals surface area (Å²) >= 11 is 6.55. The summed E-state index contributed by atoms with van der Waals surface area (Å²) in [5.74, 6) is -0.175. The number of carbonyl (C=O) groups is 1. The van der Waals surface area contributed by atoms with Crippen molar-refractivity contribution in [3.05, 3.63) is 59.9 Å². The van der Waals surface area contributed by atoms with E-state index in [0.29, 0.717) is 10.3 Å². The molecule has 1 N–H and O–H groups in total. The van der Waals surface area contributed by atoms with E-state index in [1.165, 1.54) is 16.2 Å². The van der Waals surface area contributed by atoms with Crippen LogP contribution in [0.2, 0.25) is 0 Å². The van der Waals surface area contributed by atoms with Gasteiger partial charge in [-0.05, 0) is 28.1 Å². The zero-order chi connectivity index (χ0) is 16.7. The third-order valence-corrected chi connectivity index (χ3v) is 4.56. The summed E-state index contributed by atoms with van der Waals surface area (Å²) in [7, 11) is 1.50. The van der Waals surface area contributed by atoms with E-state index in [-0.39, 0.29) is 23.5 Å². The van der Waals surface area contributed by atoms with Crippen molar-refractivity contribution in [1.29, 1.82) is 0 Å². The van der Waals surface area contributed by atoms with Crippen molar-refractivity contribution in [2.45, 2.75) is 6.54 Å². The lowest BCUT2D eigenvalue weighted by molar-refractivity contribution is 0.0972. The molecule has 0 bridgehead atoms. The van der Waals surface area contributed by atoms with Crippen molar-refractivity contribution in [2.75, 3.05) is 0 Å². The Morgan fingerprint density at radius 3 is 2.52 bits per heavy atom. The molecule has 0 aliphatic rings. The van der Waals surface area contributed by atoms with Gasteiger partial charge in [-0.25, -0.2) is 9.78 Å². The molecule has 3 rings (SSSR count). The number of halogens is 2. The van der Waals surface area contributed by atoms with Crippen LogP contribution in [-0.2, 0) is 13.6 Å². The second-order valence-corrected chi connectivity index (χ2v) is 6.51. The molecule has 7 nitrogen and oxygen atoms in total. The number of ketones is 1. The topological polar surface area (TPSA) is 89.8 Å². The number of nitrogens with one attached hydrogen (secondary N) is 1. The summed E-state index contributed by atoms with van der Waals surface area (Å²) in [6, 6.07) is 6.93. The Hall–Kier alpha value is -2.00.